The average molecular weight is 484 g/mol. The Bertz CT molecular complexity index is 1460. The van der Waals surface area contributed by atoms with Crippen molar-refractivity contribution in [2.45, 2.75) is 39.3 Å². The maximum Gasteiger partial charge on any atom is 0.357 e. The Morgan fingerprint density at radius 3 is 2.56 bits per heavy atom. The van der Waals surface area contributed by atoms with E-state index in [1.807, 2.05) is 37.3 Å². The van der Waals surface area contributed by atoms with Crippen LogP contribution in [0.1, 0.15) is 30.3 Å². The molecule has 2 heterocycles. The standard InChI is InChI=1S/C23H25N5O5S/c1-2-11-28-22(29)20-21(27(23(28)30)12-10-15-6-8-17(24)9-7-15)26-19(25-20)14-16-4-3-5-18(13-16)33-34(31)32/h3-9,13H,2,10-12,14,24H2,1H3,(H,25,26)(H,31,32). The first-order valence-electron chi connectivity index (χ1n) is 10.8. The molecule has 0 saturated carbocycles. The Balaban J connectivity index is 1.72. The van der Waals surface area contributed by atoms with E-state index in [0.717, 1.165) is 11.1 Å². The quantitative estimate of drug-likeness (QED) is 0.244. The lowest BCUT2D eigenvalue weighted by molar-refractivity contribution is 0.458. The molecule has 4 aromatic rings. The number of rotatable bonds is 9. The van der Waals surface area contributed by atoms with Crippen molar-refractivity contribution in [2.24, 2.45) is 0 Å². The highest BCUT2D eigenvalue weighted by Crippen LogP contribution is 2.17. The molecular formula is C23H25N5O5S. The minimum atomic E-state index is -2.43. The van der Waals surface area contributed by atoms with E-state index in [1.165, 1.54) is 9.13 Å². The summed E-state index contributed by atoms with van der Waals surface area (Å²) in [5.41, 5.74) is 7.96. The molecule has 1 unspecified atom stereocenters. The molecule has 0 bridgehead atoms. The molecule has 178 valence electrons. The normalized spacial score (nSPS) is 12.2. The van der Waals surface area contributed by atoms with Crippen LogP contribution in [0.2, 0.25) is 0 Å². The second kappa shape index (κ2) is 10.1. The van der Waals surface area contributed by atoms with E-state index in [1.54, 1.807) is 18.2 Å². The molecule has 4 N–H and O–H groups in total. The van der Waals surface area contributed by atoms with Crippen LogP contribution in [0, 0.1) is 0 Å². The molecule has 0 spiro atoms. The number of anilines is 1. The van der Waals surface area contributed by atoms with Crippen molar-refractivity contribution in [3.63, 3.8) is 0 Å². The zero-order valence-electron chi connectivity index (χ0n) is 18.6. The van der Waals surface area contributed by atoms with Crippen molar-refractivity contribution in [2.75, 3.05) is 5.73 Å². The Hall–Kier alpha value is -3.70. The zero-order chi connectivity index (χ0) is 24.2. The van der Waals surface area contributed by atoms with Gasteiger partial charge >= 0.3 is 17.1 Å². The number of nitrogens with one attached hydrogen (secondary N) is 1. The number of fused-ring (bicyclic) bond motifs is 1. The maximum atomic E-state index is 13.2. The molecular weight excluding hydrogens is 458 g/mol. The Morgan fingerprint density at radius 1 is 1.09 bits per heavy atom. The highest BCUT2D eigenvalue weighted by Gasteiger charge is 2.17. The van der Waals surface area contributed by atoms with Crippen LogP contribution in [-0.4, -0.2) is 27.9 Å². The minimum Gasteiger partial charge on any atom is -0.399 e. The zero-order valence-corrected chi connectivity index (χ0v) is 19.4. The van der Waals surface area contributed by atoms with Gasteiger partial charge in [0.25, 0.3) is 5.56 Å². The molecule has 0 aliphatic carbocycles. The second-order valence-electron chi connectivity index (χ2n) is 7.89. The van der Waals surface area contributed by atoms with Crippen LogP contribution in [0.5, 0.6) is 5.75 Å². The highest BCUT2D eigenvalue weighted by atomic mass is 32.2. The minimum absolute atomic E-state index is 0.236. The first-order valence-corrected chi connectivity index (χ1v) is 11.8. The number of hydrogen-bond donors (Lipinski definition) is 3. The maximum absolute atomic E-state index is 13.2. The van der Waals surface area contributed by atoms with E-state index in [4.69, 9.17) is 14.5 Å². The molecule has 11 heteroatoms. The molecule has 1 atom stereocenters. The summed E-state index contributed by atoms with van der Waals surface area (Å²) >= 11 is -2.43. The van der Waals surface area contributed by atoms with Gasteiger partial charge in [-0.25, -0.2) is 9.78 Å². The fourth-order valence-electron chi connectivity index (χ4n) is 3.83. The van der Waals surface area contributed by atoms with Crippen molar-refractivity contribution in [3.8, 4) is 5.75 Å². The summed E-state index contributed by atoms with van der Waals surface area (Å²) in [4.78, 5) is 33.8. The van der Waals surface area contributed by atoms with E-state index < -0.39 is 22.6 Å². The third-order valence-corrected chi connectivity index (χ3v) is 5.73. The third kappa shape index (κ3) is 5.10. The monoisotopic (exact) mass is 483 g/mol. The fraction of sp³-hybridized carbons (Fsp3) is 0.261. The topological polar surface area (TPSA) is 145 Å². The van der Waals surface area contributed by atoms with Gasteiger partial charge in [0.05, 0.1) is 0 Å². The van der Waals surface area contributed by atoms with E-state index in [9.17, 15) is 13.8 Å². The van der Waals surface area contributed by atoms with Gasteiger partial charge in [0.15, 0.2) is 5.65 Å². The van der Waals surface area contributed by atoms with Crippen molar-refractivity contribution < 1.29 is 12.9 Å². The van der Waals surface area contributed by atoms with Gasteiger partial charge in [-0.05, 0) is 48.2 Å². The molecule has 2 aromatic heterocycles. The summed E-state index contributed by atoms with van der Waals surface area (Å²) in [6.45, 7) is 2.56. The van der Waals surface area contributed by atoms with Crippen LogP contribution >= 0.6 is 0 Å². The van der Waals surface area contributed by atoms with Crippen LogP contribution < -0.4 is 21.2 Å². The summed E-state index contributed by atoms with van der Waals surface area (Å²) in [7, 11) is 0. The molecule has 2 aromatic carbocycles. The first kappa shape index (κ1) is 23.5. The molecule has 4 rings (SSSR count). The van der Waals surface area contributed by atoms with Crippen LogP contribution in [0.4, 0.5) is 5.69 Å². The van der Waals surface area contributed by atoms with E-state index in [2.05, 4.69) is 9.97 Å². The van der Waals surface area contributed by atoms with Gasteiger partial charge in [0.1, 0.15) is 17.1 Å². The Labute approximate surface area is 197 Å². The summed E-state index contributed by atoms with van der Waals surface area (Å²) in [6.07, 6.45) is 1.52. The average Bonchev–Trinajstić information content (AvgIpc) is 3.21. The third-order valence-electron chi connectivity index (χ3n) is 5.40. The van der Waals surface area contributed by atoms with Gasteiger partial charge in [0, 0.05) is 25.2 Å². The summed E-state index contributed by atoms with van der Waals surface area (Å²) in [5.74, 6) is 0.726. The van der Waals surface area contributed by atoms with Crippen molar-refractivity contribution in [3.05, 3.63) is 86.3 Å². The first-order chi connectivity index (χ1) is 16.4. The molecule has 34 heavy (non-hydrogen) atoms. The predicted molar refractivity (Wildman–Crippen MR) is 130 cm³/mol. The lowest BCUT2D eigenvalue weighted by Gasteiger charge is -2.11. The van der Waals surface area contributed by atoms with E-state index in [-0.39, 0.29) is 11.3 Å². The molecule has 0 aliphatic rings. The van der Waals surface area contributed by atoms with Gasteiger partial charge < -0.3 is 14.9 Å². The van der Waals surface area contributed by atoms with Gasteiger partial charge in [-0.3, -0.25) is 18.5 Å². The number of hydrogen-bond acceptors (Lipinski definition) is 6. The lowest BCUT2D eigenvalue weighted by atomic mass is 10.1. The number of aromatic amines is 1. The fourth-order valence-corrected chi connectivity index (χ4v) is 4.10. The van der Waals surface area contributed by atoms with Gasteiger partial charge in [-0.1, -0.05) is 31.2 Å². The SMILES string of the molecule is CCCn1c(=O)c2[nH]c(Cc3cccc(OS(=O)O)c3)nc2n(CCc2ccc(N)cc2)c1=O. The van der Waals surface area contributed by atoms with E-state index >= 15 is 0 Å². The highest BCUT2D eigenvalue weighted by molar-refractivity contribution is 7.74. The summed E-state index contributed by atoms with van der Waals surface area (Å²) in [6, 6.07) is 14.1. The Morgan fingerprint density at radius 2 is 1.85 bits per heavy atom. The number of H-pyrrole nitrogens is 1. The summed E-state index contributed by atoms with van der Waals surface area (Å²) in [5, 5.41) is 0. The smallest absolute Gasteiger partial charge is 0.357 e. The summed E-state index contributed by atoms with van der Waals surface area (Å²) < 4.78 is 27.4. The van der Waals surface area contributed by atoms with Crippen molar-refractivity contribution in [1.29, 1.82) is 0 Å². The second-order valence-corrected chi connectivity index (χ2v) is 8.49. The van der Waals surface area contributed by atoms with Crippen LogP contribution in [0.25, 0.3) is 11.2 Å². The largest absolute Gasteiger partial charge is 0.399 e. The van der Waals surface area contributed by atoms with Gasteiger partial charge in [0.2, 0.25) is 0 Å². The number of nitrogens with two attached hydrogens (primary N) is 1. The van der Waals surface area contributed by atoms with Crippen LogP contribution in [0.15, 0.2) is 58.1 Å². The van der Waals surface area contributed by atoms with E-state index in [0.29, 0.717) is 49.5 Å². The van der Waals surface area contributed by atoms with Gasteiger partial charge in [-0.15, -0.1) is 0 Å². The van der Waals surface area contributed by atoms with Gasteiger partial charge in [-0.2, -0.15) is 4.21 Å². The molecule has 0 fully saturated rings. The molecule has 0 aliphatic heterocycles. The van der Waals surface area contributed by atoms with Crippen molar-refractivity contribution >= 4 is 28.2 Å². The number of benzene rings is 2. The molecule has 10 nitrogen and oxygen atoms in total. The van der Waals surface area contributed by atoms with Crippen LogP contribution in [-0.2, 0) is 37.3 Å². The number of nitrogens with zero attached hydrogens (tertiary/aromatic N) is 3. The lowest BCUT2D eigenvalue weighted by Crippen LogP contribution is -2.40. The number of imidazole rings is 1. The molecule has 0 radical (unpaired) electrons. The predicted octanol–water partition coefficient (Wildman–Crippen LogP) is 2.23. The number of aromatic nitrogens is 4. The Kier molecular flexibility index (Phi) is 6.94. The number of aryl methyl sites for hydroxylation is 2. The van der Waals surface area contributed by atoms with Crippen LogP contribution in [0.3, 0.4) is 0 Å². The number of nitrogen functional groups attached to an aromatic ring is 1. The molecule has 0 amide bonds. The van der Waals surface area contributed by atoms with Crippen molar-refractivity contribution in [1.82, 2.24) is 19.1 Å². The molecule has 0 saturated heterocycles.